The van der Waals surface area contributed by atoms with Gasteiger partial charge in [0.15, 0.2) is 0 Å². The Labute approximate surface area is 196 Å². The normalized spacial score (nSPS) is 16.0. The van der Waals surface area contributed by atoms with Crippen LogP contribution in [-0.4, -0.2) is 17.0 Å². The lowest BCUT2D eigenvalue weighted by Crippen LogP contribution is -2.28. The van der Waals surface area contributed by atoms with Gasteiger partial charge in [0.25, 0.3) is 11.6 Å². The highest BCUT2D eigenvalue weighted by molar-refractivity contribution is 7.16. The number of carbonyl (C=O) groups excluding carboxylic acids is 1. The molecule has 0 spiro atoms. The first-order valence-electron chi connectivity index (χ1n) is 11.0. The molecule has 0 fully saturated rings. The molecule has 1 atom stereocenters. The molecule has 8 heteroatoms. The van der Waals surface area contributed by atoms with Crippen LogP contribution in [0.4, 0.5) is 10.7 Å². The molecule has 1 aromatic carbocycles. The lowest BCUT2D eigenvalue weighted by molar-refractivity contribution is -0.384. The minimum atomic E-state index is -0.429. The van der Waals surface area contributed by atoms with E-state index in [-0.39, 0.29) is 17.0 Å². The van der Waals surface area contributed by atoms with Gasteiger partial charge in [-0.15, -0.1) is 11.3 Å². The van der Waals surface area contributed by atoms with Crippen molar-refractivity contribution in [2.24, 2.45) is 16.3 Å². The Balaban J connectivity index is 1.66. The van der Waals surface area contributed by atoms with E-state index in [1.807, 2.05) is 6.07 Å². The highest BCUT2D eigenvalue weighted by Crippen LogP contribution is 2.45. The molecule has 7 nitrogen and oxygen atoms in total. The van der Waals surface area contributed by atoms with Crippen LogP contribution in [0, 0.1) is 21.4 Å². The third-order valence-corrected chi connectivity index (χ3v) is 7.28. The molecule has 0 bridgehead atoms. The average Bonchev–Trinajstić information content (AvgIpc) is 3.42. The Bertz CT molecular complexity index is 1190. The Hall–Kier alpha value is -3.26. The zero-order valence-corrected chi connectivity index (χ0v) is 19.8. The molecule has 0 saturated carbocycles. The first kappa shape index (κ1) is 22.9. The van der Waals surface area contributed by atoms with Crippen molar-refractivity contribution >= 4 is 34.1 Å². The zero-order valence-electron chi connectivity index (χ0n) is 19.0. The number of nitro groups is 1. The first-order chi connectivity index (χ1) is 15.7. The third kappa shape index (κ3) is 5.22. The van der Waals surface area contributed by atoms with Crippen molar-refractivity contribution in [3.63, 3.8) is 0 Å². The maximum absolute atomic E-state index is 13.2. The zero-order chi connectivity index (χ0) is 23.6. The van der Waals surface area contributed by atoms with Crippen LogP contribution in [0.2, 0.25) is 0 Å². The van der Waals surface area contributed by atoms with Crippen LogP contribution in [-0.2, 0) is 19.4 Å². The molecule has 0 unspecified atom stereocenters. The summed E-state index contributed by atoms with van der Waals surface area (Å²) < 4.78 is 5.33. The van der Waals surface area contributed by atoms with Gasteiger partial charge in [0.2, 0.25) is 0 Å². The standard InChI is InChI=1S/C25H27N3O4S/c1-25(2,3)17-9-10-20-21(13-17)33-24(22(20)23(29)26-15-19-8-5-11-32-19)27-14-16-6-4-7-18(12-16)28(30)31/h4-8,11-12,14,17H,9-10,13,15H2,1-3H3,(H,26,29)/t17-/m0/s1. The van der Waals surface area contributed by atoms with Crippen LogP contribution < -0.4 is 5.32 Å². The maximum Gasteiger partial charge on any atom is 0.270 e. The SMILES string of the molecule is CC(C)(C)[C@H]1CCc2c(sc(N=Cc3cccc([N+](=O)[O-])c3)c2C(=O)NCc2ccco2)C1. The molecule has 0 radical (unpaired) electrons. The minimum absolute atomic E-state index is 0.00820. The van der Waals surface area contributed by atoms with E-state index in [0.29, 0.717) is 34.4 Å². The molecule has 4 rings (SSSR count). The van der Waals surface area contributed by atoms with Gasteiger partial charge >= 0.3 is 0 Å². The molecule has 1 N–H and O–H groups in total. The number of furan rings is 1. The van der Waals surface area contributed by atoms with Crippen molar-refractivity contribution in [1.82, 2.24) is 5.32 Å². The smallest absolute Gasteiger partial charge is 0.270 e. The van der Waals surface area contributed by atoms with E-state index in [1.54, 1.807) is 42.0 Å². The predicted octanol–water partition coefficient (Wildman–Crippen LogP) is 6.08. The van der Waals surface area contributed by atoms with Crippen LogP contribution in [0.15, 0.2) is 52.1 Å². The molecule has 1 amide bonds. The van der Waals surface area contributed by atoms with Crippen LogP contribution in [0.5, 0.6) is 0 Å². The Morgan fingerprint density at radius 3 is 2.85 bits per heavy atom. The van der Waals surface area contributed by atoms with E-state index in [9.17, 15) is 14.9 Å². The lowest BCUT2D eigenvalue weighted by Gasteiger charge is -2.33. The van der Waals surface area contributed by atoms with Gasteiger partial charge in [-0.2, -0.15) is 0 Å². The molecule has 1 aliphatic rings. The van der Waals surface area contributed by atoms with Crippen molar-refractivity contribution in [2.45, 2.75) is 46.6 Å². The molecule has 3 aromatic rings. The Morgan fingerprint density at radius 2 is 2.15 bits per heavy atom. The van der Waals surface area contributed by atoms with Crippen molar-refractivity contribution in [3.8, 4) is 0 Å². The fraction of sp³-hybridized carbons (Fsp3) is 0.360. The second-order valence-electron chi connectivity index (χ2n) is 9.36. The van der Waals surface area contributed by atoms with Crippen molar-refractivity contribution < 1.29 is 14.1 Å². The van der Waals surface area contributed by atoms with Gasteiger partial charge in [0.05, 0.1) is 23.3 Å². The van der Waals surface area contributed by atoms with Gasteiger partial charge in [-0.1, -0.05) is 32.9 Å². The van der Waals surface area contributed by atoms with Gasteiger partial charge in [-0.25, -0.2) is 4.99 Å². The van der Waals surface area contributed by atoms with Crippen LogP contribution in [0.3, 0.4) is 0 Å². The summed E-state index contributed by atoms with van der Waals surface area (Å²) >= 11 is 1.55. The largest absolute Gasteiger partial charge is 0.467 e. The quantitative estimate of drug-likeness (QED) is 0.271. The van der Waals surface area contributed by atoms with E-state index in [0.717, 1.165) is 24.8 Å². The Morgan fingerprint density at radius 1 is 1.33 bits per heavy atom. The Kier molecular flexibility index (Phi) is 6.47. The number of nitrogens with zero attached hydrogens (tertiary/aromatic N) is 2. The molecule has 33 heavy (non-hydrogen) atoms. The number of hydrogen-bond acceptors (Lipinski definition) is 6. The highest BCUT2D eigenvalue weighted by Gasteiger charge is 2.33. The number of carbonyl (C=O) groups is 1. The van der Waals surface area contributed by atoms with Crippen LogP contribution in [0.25, 0.3) is 0 Å². The lowest BCUT2D eigenvalue weighted by atomic mass is 9.72. The summed E-state index contributed by atoms with van der Waals surface area (Å²) in [6, 6.07) is 9.92. The summed E-state index contributed by atoms with van der Waals surface area (Å²) in [7, 11) is 0. The number of rotatable bonds is 6. The first-order valence-corrected chi connectivity index (χ1v) is 11.8. The second-order valence-corrected chi connectivity index (χ2v) is 10.4. The predicted molar refractivity (Wildman–Crippen MR) is 130 cm³/mol. The van der Waals surface area contributed by atoms with E-state index in [2.05, 4.69) is 31.1 Å². The molecule has 0 aliphatic heterocycles. The van der Waals surface area contributed by atoms with Crippen molar-refractivity contribution in [3.05, 3.63) is 80.1 Å². The fourth-order valence-electron chi connectivity index (χ4n) is 4.16. The summed E-state index contributed by atoms with van der Waals surface area (Å²) in [6.45, 7) is 7.08. The summed E-state index contributed by atoms with van der Waals surface area (Å²) in [4.78, 5) is 29.7. The number of hydrogen-bond donors (Lipinski definition) is 1. The average molecular weight is 466 g/mol. The van der Waals surface area contributed by atoms with E-state index in [4.69, 9.17) is 4.42 Å². The van der Waals surface area contributed by atoms with Crippen LogP contribution >= 0.6 is 11.3 Å². The number of thiophene rings is 1. The highest BCUT2D eigenvalue weighted by atomic mass is 32.1. The van der Waals surface area contributed by atoms with E-state index in [1.165, 1.54) is 17.0 Å². The topological polar surface area (TPSA) is 97.7 Å². The van der Waals surface area contributed by atoms with Gasteiger partial charge < -0.3 is 9.73 Å². The van der Waals surface area contributed by atoms with Gasteiger partial charge in [0.1, 0.15) is 10.8 Å². The fourth-order valence-corrected chi connectivity index (χ4v) is 5.43. The van der Waals surface area contributed by atoms with Crippen molar-refractivity contribution in [2.75, 3.05) is 0 Å². The van der Waals surface area contributed by atoms with E-state index < -0.39 is 4.92 Å². The molecular formula is C25H27N3O4S. The van der Waals surface area contributed by atoms with Gasteiger partial charge in [-0.05, 0) is 53.9 Å². The summed E-state index contributed by atoms with van der Waals surface area (Å²) in [5.74, 6) is 1.04. The number of amides is 1. The molecule has 2 aromatic heterocycles. The summed E-state index contributed by atoms with van der Waals surface area (Å²) in [5, 5.41) is 14.7. The van der Waals surface area contributed by atoms with Crippen LogP contribution in [0.1, 0.15) is 59.3 Å². The molecule has 1 aliphatic carbocycles. The number of nitrogens with one attached hydrogen (secondary N) is 1. The monoisotopic (exact) mass is 465 g/mol. The molecule has 172 valence electrons. The number of nitro benzene ring substituents is 1. The van der Waals surface area contributed by atoms with Crippen molar-refractivity contribution in [1.29, 1.82) is 0 Å². The number of fused-ring (bicyclic) bond motifs is 1. The summed E-state index contributed by atoms with van der Waals surface area (Å²) in [5.41, 5.74) is 2.49. The minimum Gasteiger partial charge on any atom is -0.467 e. The molecular weight excluding hydrogens is 438 g/mol. The van der Waals surface area contributed by atoms with E-state index >= 15 is 0 Å². The second kappa shape index (κ2) is 9.31. The van der Waals surface area contributed by atoms with Gasteiger partial charge in [-0.3, -0.25) is 14.9 Å². The maximum atomic E-state index is 13.2. The number of aliphatic imine (C=N–C) groups is 1. The third-order valence-electron chi connectivity index (χ3n) is 6.11. The molecule has 2 heterocycles. The molecule has 0 saturated heterocycles. The number of benzene rings is 1. The number of non-ortho nitro benzene ring substituents is 1. The summed E-state index contributed by atoms with van der Waals surface area (Å²) in [6.07, 6.45) is 5.96. The van der Waals surface area contributed by atoms with Gasteiger partial charge in [0, 0.05) is 23.2 Å².